The highest BCUT2D eigenvalue weighted by Gasteiger charge is 2.18. The standard InChI is InChI=1S/C15H23NO3S/c1-11(2)9-15(17)16-10-13-5-7-14(8-6-13)20(18,19)12(3)4/h5-8,11-12H,9-10H2,1-4H3,(H,16,17). The van der Waals surface area contributed by atoms with Gasteiger partial charge in [0.15, 0.2) is 9.84 Å². The summed E-state index contributed by atoms with van der Waals surface area (Å²) in [4.78, 5) is 11.9. The quantitative estimate of drug-likeness (QED) is 0.877. The average Bonchev–Trinajstić information content (AvgIpc) is 2.36. The topological polar surface area (TPSA) is 63.2 Å². The Labute approximate surface area is 121 Å². The molecule has 0 aliphatic heterocycles. The Bertz CT molecular complexity index is 545. The smallest absolute Gasteiger partial charge is 0.220 e. The maximum absolute atomic E-state index is 12.0. The third-order valence-corrected chi connectivity index (χ3v) is 5.13. The fourth-order valence-electron chi connectivity index (χ4n) is 1.71. The monoisotopic (exact) mass is 297 g/mol. The van der Waals surface area contributed by atoms with Gasteiger partial charge in [0.2, 0.25) is 5.91 Å². The van der Waals surface area contributed by atoms with Crippen LogP contribution in [0, 0.1) is 5.92 Å². The lowest BCUT2D eigenvalue weighted by atomic mass is 10.1. The van der Waals surface area contributed by atoms with E-state index in [9.17, 15) is 13.2 Å². The number of benzene rings is 1. The number of hydrogen-bond donors (Lipinski definition) is 1. The van der Waals surface area contributed by atoms with Crippen LogP contribution in [0.15, 0.2) is 29.2 Å². The van der Waals surface area contributed by atoms with Gasteiger partial charge < -0.3 is 5.32 Å². The predicted octanol–water partition coefficient (Wildman–Crippen LogP) is 2.53. The van der Waals surface area contributed by atoms with Crippen molar-refractivity contribution in [3.05, 3.63) is 29.8 Å². The van der Waals surface area contributed by atoms with E-state index >= 15 is 0 Å². The largest absolute Gasteiger partial charge is 0.352 e. The predicted molar refractivity (Wildman–Crippen MR) is 80.1 cm³/mol. The maximum atomic E-state index is 12.0. The maximum Gasteiger partial charge on any atom is 0.220 e. The van der Waals surface area contributed by atoms with Crippen LogP contribution in [0.1, 0.15) is 39.7 Å². The highest BCUT2D eigenvalue weighted by Crippen LogP contribution is 2.16. The molecule has 0 fully saturated rings. The summed E-state index contributed by atoms with van der Waals surface area (Å²) in [7, 11) is -3.23. The van der Waals surface area contributed by atoms with Gasteiger partial charge in [-0.2, -0.15) is 0 Å². The number of rotatable bonds is 6. The second-order valence-corrected chi connectivity index (χ2v) is 8.12. The van der Waals surface area contributed by atoms with E-state index in [1.54, 1.807) is 38.1 Å². The zero-order valence-electron chi connectivity index (χ0n) is 12.5. The molecule has 1 aromatic carbocycles. The Morgan fingerprint density at radius 3 is 2.10 bits per heavy atom. The minimum atomic E-state index is -3.23. The molecule has 1 rings (SSSR count). The van der Waals surface area contributed by atoms with Gasteiger partial charge in [-0.15, -0.1) is 0 Å². The van der Waals surface area contributed by atoms with Gasteiger partial charge in [0.1, 0.15) is 0 Å². The van der Waals surface area contributed by atoms with Gasteiger partial charge in [0.05, 0.1) is 10.1 Å². The molecule has 1 N–H and O–H groups in total. The van der Waals surface area contributed by atoms with Crippen LogP contribution in [-0.4, -0.2) is 19.6 Å². The molecule has 4 nitrogen and oxygen atoms in total. The number of nitrogens with one attached hydrogen (secondary N) is 1. The highest BCUT2D eigenvalue weighted by atomic mass is 32.2. The molecule has 112 valence electrons. The summed E-state index contributed by atoms with van der Waals surface area (Å²) in [6.45, 7) is 7.73. The van der Waals surface area contributed by atoms with Crippen LogP contribution in [0.5, 0.6) is 0 Å². The van der Waals surface area contributed by atoms with Crippen LogP contribution < -0.4 is 5.32 Å². The molecule has 0 spiro atoms. The fraction of sp³-hybridized carbons (Fsp3) is 0.533. The lowest BCUT2D eigenvalue weighted by Gasteiger charge is -2.10. The molecule has 1 aromatic rings. The van der Waals surface area contributed by atoms with E-state index in [0.717, 1.165) is 5.56 Å². The first-order chi connectivity index (χ1) is 9.23. The number of carbonyl (C=O) groups is 1. The summed E-state index contributed by atoms with van der Waals surface area (Å²) < 4.78 is 23.9. The van der Waals surface area contributed by atoms with Crippen molar-refractivity contribution < 1.29 is 13.2 Å². The lowest BCUT2D eigenvalue weighted by Crippen LogP contribution is -2.23. The molecule has 0 atom stereocenters. The normalized spacial score (nSPS) is 11.9. The molecule has 20 heavy (non-hydrogen) atoms. The Morgan fingerprint density at radius 1 is 1.10 bits per heavy atom. The Hall–Kier alpha value is -1.36. The molecular weight excluding hydrogens is 274 g/mol. The van der Waals surface area contributed by atoms with Crippen molar-refractivity contribution in [2.45, 2.75) is 50.8 Å². The van der Waals surface area contributed by atoms with Gasteiger partial charge >= 0.3 is 0 Å². The number of carbonyl (C=O) groups excluding carboxylic acids is 1. The van der Waals surface area contributed by atoms with Crippen molar-refractivity contribution in [2.24, 2.45) is 5.92 Å². The molecule has 0 bridgehead atoms. The molecule has 0 unspecified atom stereocenters. The Morgan fingerprint density at radius 2 is 1.65 bits per heavy atom. The van der Waals surface area contributed by atoms with E-state index in [1.807, 2.05) is 13.8 Å². The van der Waals surface area contributed by atoms with Crippen molar-refractivity contribution in [3.63, 3.8) is 0 Å². The molecule has 0 saturated heterocycles. The van der Waals surface area contributed by atoms with Crippen LogP contribution in [0.2, 0.25) is 0 Å². The summed E-state index contributed by atoms with van der Waals surface area (Å²) in [6, 6.07) is 6.67. The third-order valence-electron chi connectivity index (χ3n) is 2.96. The second kappa shape index (κ2) is 6.88. The van der Waals surface area contributed by atoms with Gasteiger partial charge in [0, 0.05) is 13.0 Å². The minimum absolute atomic E-state index is 0.0129. The minimum Gasteiger partial charge on any atom is -0.352 e. The molecule has 0 aromatic heterocycles. The summed E-state index contributed by atoms with van der Waals surface area (Å²) in [5.41, 5.74) is 0.893. The van der Waals surface area contributed by atoms with Gasteiger partial charge in [0.25, 0.3) is 0 Å². The van der Waals surface area contributed by atoms with E-state index in [4.69, 9.17) is 0 Å². The SMILES string of the molecule is CC(C)CC(=O)NCc1ccc(S(=O)(=O)C(C)C)cc1. The van der Waals surface area contributed by atoms with Crippen LogP contribution >= 0.6 is 0 Å². The molecule has 0 saturated carbocycles. The summed E-state index contributed by atoms with van der Waals surface area (Å²) in [5.74, 6) is 0.340. The van der Waals surface area contributed by atoms with E-state index < -0.39 is 15.1 Å². The average molecular weight is 297 g/mol. The number of hydrogen-bond acceptors (Lipinski definition) is 3. The van der Waals surface area contributed by atoms with Gasteiger partial charge in [-0.25, -0.2) is 8.42 Å². The van der Waals surface area contributed by atoms with E-state index in [0.29, 0.717) is 23.8 Å². The lowest BCUT2D eigenvalue weighted by molar-refractivity contribution is -0.121. The molecule has 0 aliphatic carbocycles. The first kappa shape index (κ1) is 16.7. The van der Waals surface area contributed by atoms with Crippen LogP contribution in [0.3, 0.4) is 0 Å². The zero-order valence-corrected chi connectivity index (χ0v) is 13.3. The van der Waals surface area contributed by atoms with Gasteiger partial charge in [-0.05, 0) is 37.5 Å². The first-order valence-electron chi connectivity index (χ1n) is 6.83. The van der Waals surface area contributed by atoms with Crippen LogP contribution in [0.25, 0.3) is 0 Å². The van der Waals surface area contributed by atoms with E-state index in [1.165, 1.54) is 0 Å². The number of sulfone groups is 1. The van der Waals surface area contributed by atoms with Gasteiger partial charge in [-0.1, -0.05) is 26.0 Å². The van der Waals surface area contributed by atoms with Crippen LogP contribution in [-0.2, 0) is 21.2 Å². The van der Waals surface area contributed by atoms with Crippen molar-refractivity contribution in [2.75, 3.05) is 0 Å². The molecule has 1 amide bonds. The molecule has 0 radical (unpaired) electrons. The molecular formula is C15H23NO3S. The summed E-state index contributed by atoms with van der Waals surface area (Å²) in [6.07, 6.45) is 0.500. The van der Waals surface area contributed by atoms with Crippen molar-refractivity contribution in [1.82, 2.24) is 5.32 Å². The summed E-state index contributed by atoms with van der Waals surface area (Å²) >= 11 is 0. The molecule has 5 heteroatoms. The van der Waals surface area contributed by atoms with E-state index in [2.05, 4.69) is 5.32 Å². The summed E-state index contributed by atoms with van der Waals surface area (Å²) in [5, 5.41) is 2.39. The molecule has 0 heterocycles. The van der Waals surface area contributed by atoms with Crippen LogP contribution in [0.4, 0.5) is 0 Å². The third kappa shape index (κ3) is 4.63. The fourth-order valence-corrected chi connectivity index (χ4v) is 2.77. The second-order valence-electron chi connectivity index (χ2n) is 5.61. The molecule has 0 aliphatic rings. The van der Waals surface area contributed by atoms with E-state index in [-0.39, 0.29) is 5.91 Å². The first-order valence-corrected chi connectivity index (χ1v) is 8.37. The highest BCUT2D eigenvalue weighted by molar-refractivity contribution is 7.92. The number of amides is 1. The van der Waals surface area contributed by atoms with Crippen molar-refractivity contribution >= 4 is 15.7 Å². The Balaban J connectivity index is 2.67. The van der Waals surface area contributed by atoms with Gasteiger partial charge in [-0.3, -0.25) is 4.79 Å². The van der Waals surface area contributed by atoms with Crippen molar-refractivity contribution in [1.29, 1.82) is 0 Å². The van der Waals surface area contributed by atoms with Crippen molar-refractivity contribution in [3.8, 4) is 0 Å². The Kier molecular flexibility index (Phi) is 5.74. The zero-order chi connectivity index (χ0) is 15.3.